The molecule has 32 heavy (non-hydrogen) atoms. The van der Waals surface area contributed by atoms with Gasteiger partial charge < -0.3 is 35.2 Å². The average molecular weight is 524 g/mol. The fraction of sp³-hybridized carbons (Fsp3) is 0.545. The zero-order chi connectivity index (χ0) is 24.7. The Morgan fingerprint density at radius 2 is 1.91 bits per heavy atom. The highest BCUT2D eigenvalue weighted by atomic mass is 31.3. The van der Waals surface area contributed by atoms with E-state index in [1.165, 1.54) is 0 Å². The number of aromatic nitrogens is 3. The maximum Gasteiger partial charge on any atom is 0.490 e. The van der Waals surface area contributed by atoms with Gasteiger partial charge in [0, 0.05) is 0 Å². The van der Waals surface area contributed by atoms with E-state index in [4.69, 9.17) is 31.6 Å². The van der Waals surface area contributed by atoms with Crippen molar-refractivity contribution in [1.29, 1.82) is 0 Å². The lowest BCUT2D eigenvalue weighted by Crippen LogP contribution is -2.46. The number of nitrogens with zero attached hydrogens (tertiary/aromatic N) is 3. The molecule has 3 unspecified atom stereocenters. The number of nitrogen functional groups attached to an aromatic ring is 1. The second kappa shape index (κ2) is 8.99. The molecule has 180 valence electrons. The van der Waals surface area contributed by atoms with Gasteiger partial charge in [-0.25, -0.2) is 22.9 Å². The van der Waals surface area contributed by atoms with Crippen molar-refractivity contribution in [3.05, 3.63) is 16.7 Å². The number of anilines is 1. The van der Waals surface area contributed by atoms with Crippen LogP contribution >= 0.6 is 23.5 Å². The number of aliphatic hydroxyl groups is 1. The zero-order valence-corrected chi connectivity index (χ0v) is 18.3. The van der Waals surface area contributed by atoms with E-state index in [1.807, 2.05) is 0 Å². The summed E-state index contributed by atoms with van der Waals surface area (Å²) in [5.74, 6) is 1.26. The van der Waals surface area contributed by atoms with Gasteiger partial charge in [-0.2, -0.15) is 23.4 Å². The summed E-state index contributed by atoms with van der Waals surface area (Å²) in [5.41, 5.74) is 0.913. The highest BCUT2D eigenvalue weighted by Crippen LogP contribution is 2.66. The number of halogens is 1. The number of hydrogen-bond acceptors (Lipinski definition) is 12. The SMILES string of the molecule is C#CC1(F)[C@@H](O)[C@@H]([C@H](C)OP(=O)(O)OP(=O)(O)OP(=O)(O)O)O[C@H]1n1ncc(N)nc1=O. The van der Waals surface area contributed by atoms with E-state index in [0.717, 1.165) is 13.1 Å². The average Bonchev–Trinajstić information content (AvgIpc) is 2.84. The monoisotopic (exact) mass is 524 g/mol. The maximum absolute atomic E-state index is 15.3. The van der Waals surface area contributed by atoms with Gasteiger partial charge in [-0.15, -0.1) is 6.42 Å². The Kier molecular flexibility index (Phi) is 7.50. The fourth-order valence-corrected chi connectivity index (χ4v) is 5.76. The van der Waals surface area contributed by atoms with E-state index in [0.29, 0.717) is 4.68 Å². The Hall–Kier alpha value is -1.57. The maximum atomic E-state index is 15.3. The molecule has 2 heterocycles. The Bertz CT molecular complexity index is 1120. The van der Waals surface area contributed by atoms with Crippen molar-refractivity contribution in [2.75, 3.05) is 5.73 Å². The molecule has 0 bridgehead atoms. The Labute approximate surface area is 177 Å². The minimum atomic E-state index is -5.83. The summed E-state index contributed by atoms with van der Waals surface area (Å²) < 4.78 is 66.3. The lowest BCUT2D eigenvalue weighted by molar-refractivity contribution is -0.0827. The molecule has 21 heteroatoms. The topological polar surface area (TPSA) is 263 Å². The van der Waals surface area contributed by atoms with Gasteiger partial charge in [0.1, 0.15) is 18.0 Å². The van der Waals surface area contributed by atoms with E-state index in [9.17, 15) is 28.5 Å². The summed E-state index contributed by atoms with van der Waals surface area (Å²) in [5, 5.41) is 13.8. The molecule has 1 aliphatic rings. The van der Waals surface area contributed by atoms with Crippen LogP contribution in [0, 0.1) is 12.3 Å². The van der Waals surface area contributed by atoms with E-state index in [2.05, 4.69) is 23.2 Å². The van der Waals surface area contributed by atoms with Crippen LogP contribution in [0.2, 0.25) is 0 Å². The first-order valence-electron chi connectivity index (χ1n) is 7.94. The minimum absolute atomic E-state index is 0.303. The smallest absolute Gasteiger partial charge is 0.386 e. The molecule has 1 aliphatic heterocycles. The van der Waals surface area contributed by atoms with Crippen LogP contribution < -0.4 is 11.4 Å². The third kappa shape index (κ3) is 6.06. The predicted octanol–water partition coefficient (Wildman–Crippen LogP) is -1.45. The van der Waals surface area contributed by atoms with Gasteiger partial charge in [0.15, 0.2) is 0 Å². The molecule has 0 amide bonds. The van der Waals surface area contributed by atoms with Crippen LogP contribution in [0.25, 0.3) is 0 Å². The third-order valence-electron chi connectivity index (χ3n) is 3.74. The normalized spacial score (nSPS) is 30.8. The molecule has 1 aromatic heterocycles. The molecule has 7 atom stereocenters. The number of rotatable bonds is 8. The van der Waals surface area contributed by atoms with Crippen molar-refractivity contribution in [2.45, 2.75) is 37.1 Å². The number of aliphatic hydroxyl groups excluding tert-OH is 1. The quantitative estimate of drug-likeness (QED) is 0.168. The van der Waals surface area contributed by atoms with Crippen LogP contribution in [0.15, 0.2) is 11.0 Å². The van der Waals surface area contributed by atoms with E-state index < -0.39 is 59.4 Å². The highest BCUT2D eigenvalue weighted by molar-refractivity contribution is 7.66. The van der Waals surface area contributed by atoms with Crippen LogP contribution in [-0.4, -0.2) is 63.4 Å². The highest BCUT2D eigenvalue weighted by Gasteiger charge is 2.60. The van der Waals surface area contributed by atoms with Crippen molar-refractivity contribution >= 4 is 29.3 Å². The molecule has 0 saturated carbocycles. The van der Waals surface area contributed by atoms with Crippen molar-refractivity contribution in [3.63, 3.8) is 0 Å². The molecule has 1 aromatic rings. The predicted molar refractivity (Wildman–Crippen MR) is 97.7 cm³/mol. The molecule has 2 rings (SSSR count). The van der Waals surface area contributed by atoms with Crippen molar-refractivity contribution < 1.29 is 60.6 Å². The summed E-state index contributed by atoms with van der Waals surface area (Å²) in [7, 11) is -17.1. The molecule has 1 fully saturated rings. The summed E-state index contributed by atoms with van der Waals surface area (Å²) in [6.07, 6.45) is -2.22. The first-order chi connectivity index (χ1) is 14.4. The van der Waals surface area contributed by atoms with Gasteiger partial charge >= 0.3 is 29.2 Å². The fourth-order valence-electron chi connectivity index (χ4n) is 2.56. The molecule has 0 spiro atoms. The molecule has 0 aromatic carbocycles. The van der Waals surface area contributed by atoms with Crippen molar-refractivity contribution in [2.24, 2.45) is 0 Å². The molecule has 1 saturated heterocycles. The molecular weight excluding hydrogens is 508 g/mol. The largest absolute Gasteiger partial charge is 0.490 e. The van der Waals surface area contributed by atoms with Crippen molar-refractivity contribution in [3.8, 4) is 12.3 Å². The van der Waals surface area contributed by atoms with E-state index in [-0.39, 0.29) is 5.82 Å². The second-order valence-corrected chi connectivity index (χ2v) is 10.5. The summed E-state index contributed by atoms with van der Waals surface area (Å²) in [6.45, 7) is 0.906. The summed E-state index contributed by atoms with van der Waals surface area (Å²) >= 11 is 0. The summed E-state index contributed by atoms with van der Waals surface area (Å²) in [4.78, 5) is 51.0. The lowest BCUT2D eigenvalue weighted by Gasteiger charge is -2.25. The Balaban J connectivity index is 2.27. The number of ether oxygens (including phenoxy) is 1. The molecule has 0 aliphatic carbocycles. The Morgan fingerprint density at radius 3 is 2.41 bits per heavy atom. The zero-order valence-electron chi connectivity index (χ0n) is 15.6. The standard InChI is InChI=1S/C11H16FN4O13P3/c1-3-11(12)8(17)7(26-9(11)16-10(18)15-6(13)4-14-16)5(2)27-31(22,23)29-32(24,25)28-30(19,20)21/h1,4-5,7-9,17H,2H3,(H,22,23)(H,24,25)(H2,13,15,18)(H2,19,20,21)/t5-,7+,8-,9+,11?/m0/s1. The third-order valence-corrected chi connectivity index (χ3v) is 7.67. The van der Waals surface area contributed by atoms with E-state index in [1.54, 1.807) is 5.92 Å². The first-order valence-corrected chi connectivity index (χ1v) is 12.5. The number of terminal acetylenes is 1. The Morgan fingerprint density at radius 1 is 1.31 bits per heavy atom. The van der Waals surface area contributed by atoms with Crippen LogP contribution in [0.1, 0.15) is 13.2 Å². The summed E-state index contributed by atoms with van der Waals surface area (Å²) in [6, 6.07) is 0. The molecule has 7 N–H and O–H groups in total. The molecular formula is C11H16FN4O13P3. The van der Waals surface area contributed by atoms with E-state index >= 15 is 4.39 Å². The number of hydrogen-bond donors (Lipinski definition) is 6. The second-order valence-electron chi connectivity index (χ2n) is 6.12. The lowest BCUT2D eigenvalue weighted by atomic mass is 9.95. The van der Waals surface area contributed by atoms with Gasteiger partial charge in [-0.3, -0.25) is 4.52 Å². The van der Waals surface area contributed by atoms with Gasteiger partial charge in [0.05, 0.1) is 12.3 Å². The molecule has 0 radical (unpaired) electrons. The number of phosphoric ester groups is 1. The number of alkyl halides is 1. The molecule has 17 nitrogen and oxygen atoms in total. The van der Waals surface area contributed by atoms with Crippen LogP contribution in [-0.2, 0) is 31.6 Å². The van der Waals surface area contributed by atoms with Crippen molar-refractivity contribution in [1.82, 2.24) is 14.8 Å². The van der Waals surface area contributed by atoms with Gasteiger partial charge in [-0.05, 0) is 6.92 Å². The van der Waals surface area contributed by atoms with Crippen LogP contribution in [0.4, 0.5) is 10.2 Å². The van der Waals surface area contributed by atoms with Crippen LogP contribution in [0.3, 0.4) is 0 Å². The van der Waals surface area contributed by atoms with Gasteiger partial charge in [0.2, 0.25) is 11.9 Å². The number of nitrogens with two attached hydrogens (primary N) is 1. The first kappa shape index (κ1) is 26.7. The minimum Gasteiger partial charge on any atom is -0.386 e. The van der Waals surface area contributed by atoms with Crippen LogP contribution in [0.5, 0.6) is 0 Å². The van der Waals surface area contributed by atoms with Gasteiger partial charge in [0.25, 0.3) is 0 Å². The van der Waals surface area contributed by atoms with Gasteiger partial charge in [-0.1, -0.05) is 5.92 Å². The number of phosphoric acid groups is 3.